The van der Waals surface area contributed by atoms with Crippen molar-refractivity contribution in [3.8, 4) is 0 Å². The highest BCUT2D eigenvalue weighted by atomic mass is 32.1. The van der Waals surface area contributed by atoms with Gasteiger partial charge >= 0.3 is 0 Å². The smallest absolute Gasteiger partial charge is 0.120 e. The van der Waals surface area contributed by atoms with Crippen molar-refractivity contribution in [3.05, 3.63) is 31.2 Å². The summed E-state index contributed by atoms with van der Waals surface area (Å²) in [5.74, 6) is 0. The number of rotatable bonds is 8. The lowest BCUT2D eigenvalue weighted by atomic mass is 10.3. The molecule has 136 valence electrons. The normalized spacial score (nSPS) is 12.6. The summed E-state index contributed by atoms with van der Waals surface area (Å²) in [5.41, 5.74) is 3.70. The van der Waals surface area contributed by atoms with Gasteiger partial charge in [-0.05, 0) is 41.5 Å². The number of aromatic nitrogens is 2. The highest BCUT2D eigenvalue weighted by molar-refractivity contribution is 7.14. The first-order valence-corrected chi connectivity index (χ1v) is 9.73. The van der Waals surface area contributed by atoms with Crippen LogP contribution in [0.2, 0.25) is 0 Å². The molecule has 2 aromatic rings. The van der Waals surface area contributed by atoms with E-state index < -0.39 is 0 Å². The van der Waals surface area contributed by atoms with Gasteiger partial charge in [-0.25, -0.2) is 9.97 Å². The first-order valence-electron chi connectivity index (χ1n) is 8.10. The molecule has 0 spiro atoms. The van der Waals surface area contributed by atoms with Crippen LogP contribution >= 0.6 is 22.7 Å². The highest BCUT2D eigenvalue weighted by Gasteiger charge is 2.09. The highest BCUT2D eigenvalue weighted by Crippen LogP contribution is 2.19. The van der Waals surface area contributed by atoms with E-state index in [1.807, 2.05) is 41.5 Å². The molecule has 0 atom stereocenters. The lowest BCUT2D eigenvalue weighted by Crippen LogP contribution is -2.01. The fourth-order valence-corrected chi connectivity index (χ4v) is 4.00. The Morgan fingerprint density at radius 2 is 1.20 bits per heavy atom. The lowest BCUT2D eigenvalue weighted by Gasteiger charge is -2.02. The van der Waals surface area contributed by atoms with E-state index in [-0.39, 0.29) is 0 Å². The molecule has 0 aliphatic heterocycles. The maximum atomic E-state index is 5.36. The number of nitrogens with zero attached hydrogens (tertiary/aromatic N) is 4. The Bertz CT molecular complexity index is 713. The molecule has 0 fully saturated rings. The van der Waals surface area contributed by atoms with Gasteiger partial charge in [-0.1, -0.05) is 10.3 Å². The summed E-state index contributed by atoms with van der Waals surface area (Å²) in [5, 5.41) is 10.4. The molecule has 0 unspecified atom stereocenters. The topological polar surface area (TPSA) is 69.0 Å². The maximum absolute atomic E-state index is 5.36. The second-order valence-corrected chi connectivity index (χ2v) is 8.07. The molecule has 2 heterocycles. The SMILES string of the molecule is C/C(=N\OCCCO/N=C(\C)c1sc(C)nc1C)c1sc(C)nc1C. The third-order valence-corrected chi connectivity index (χ3v) is 5.70. The van der Waals surface area contributed by atoms with Crippen LogP contribution in [0.3, 0.4) is 0 Å². The second-order valence-electron chi connectivity index (χ2n) is 5.67. The molecular formula is C17H24N4O2S2. The van der Waals surface area contributed by atoms with Gasteiger partial charge < -0.3 is 9.68 Å². The monoisotopic (exact) mass is 380 g/mol. The van der Waals surface area contributed by atoms with Crippen molar-refractivity contribution >= 4 is 34.1 Å². The van der Waals surface area contributed by atoms with Gasteiger partial charge in [-0.15, -0.1) is 22.7 Å². The lowest BCUT2D eigenvalue weighted by molar-refractivity contribution is 0.0900. The molecule has 2 rings (SSSR count). The van der Waals surface area contributed by atoms with Crippen molar-refractivity contribution in [2.75, 3.05) is 13.2 Å². The average molecular weight is 381 g/mol. The van der Waals surface area contributed by atoms with E-state index in [4.69, 9.17) is 9.68 Å². The fourth-order valence-electron chi connectivity index (χ4n) is 2.29. The fraction of sp³-hybridized carbons (Fsp3) is 0.529. The molecule has 0 aromatic carbocycles. The van der Waals surface area contributed by atoms with E-state index in [1.54, 1.807) is 22.7 Å². The Hall–Kier alpha value is -1.80. The second kappa shape index (κ2) is 9.05. The van der Waals surface area contributed by atoms with Gasteiger partial charge in [0, 0.05) is 6.42 Å². The van der Waals surface area contributed by atoms with Crippen LogP contribution in [-0.4, -0.2) is 34.6 Å². The van der Waals surface area contributed by atoms with E-state index in [0.717, 1.165) is 49.0 Å². The Balaban J connectivity index is 1.71. The van der Waals surface area contributed by atoms with Crippen LogP contribution in [0.25, 0.3) is 0 Å². The Labute approximate surface area is 156 Å². The van der Waals surface area contributed by atoms with Gasteiger partial charge in [-0.2, -0.15) is 0 Å². The molecule has 0 aliphatic carbocycles. The number of hydrogen-bond donors (Lipinski definition) is 0. The maximum Gasteiger partial charge on any atom is 0.120 e. The molecule has 0 aliphatic rings. The van der Waals surface area contributed by atoms with Gasteiger partial charge in [0.15, 0.2) is 0 Å². The summed E-state index contributed by atoms with van der Waals surface area (Å²) < 4.78 is 0. The van der Waals surface area contributed by atoms with Crippen LogP contribution in [-0.2, 0) is 9.68 Å². The van der Waals surface area contributed by atoms with Gasteiger partial charge in [0.1, 0.15) is 13.2 Å². The zero-order valence-electron chi connectivity index (χ0n) is 15.5. The van der Waals surface area contributed by atoms with Gasteiger partial charge in [0.2, 0.25) is 0 Å². The summed E-state index contributed by atoms with van der Waals surface area (Å²) >= 11 is 3.26. The van der Waals surface area contributed by atoms with Crippen molar-refractivity contribution in [1.29, 1.82) is 0 Å². The van der Waals surface area contributed by atoms with Crippen LogP contribution in [0.1, 0.15) is 51.4 Å². The molecule has 0 saturated carbocycles. The first-order chi connectivity index (χ1) is 11.9. The van der Waals surface area contributed by atoms with Crippen LogP contribution in [0.4, 0.5) is 0 Å². The Morgan fingerprint density at radius 3 is 1.52 bits per heavy atom. The van der Waals surface area contributed by atoms with E-state index in [0.29, 0.717) is 13.2 Å². The first kappa shape index (κ1) is 19.5. The van der Waals surface area contributed by atoms with Crippen LogP contribution in [0.15, 0.2) is 10.3 Å². The van der Waals surface area contributed by atoms with Gasteiger partial charge in [-0.3, -0.25) is 0 Å². The van der Waals surface area contributed by atoms with Crippen molar-refractivity contribution in [2.45, 2.75) is 48.0 Å². The standard InChI is InChI=1S/C17H24N4O2S2/c1-10-16(24-14(5)18-10)12(3)20-22-8-7-9-23-21-13(4)17-11(2)19-15(6)25-17/h7-9H2,1-6H3/b20-12+,21-13+. The van der Waals surface area contributed by atoms with Crippen molar-refractivity contribution < 1.29 is 9.68 Å². The van der Waals surface area contributed by atoms with Crippen LogP contribution in [0.5, 0.6) is 0 Å². The van der Waals surface area contributed by atoms with E-state index in [2.05, 4.69) is 20.3 Å². The number of thiazole rings is 2. The minimum atomic E-state index is 0.488. The van der Waals surface area contributed by atoms with Crippen molar-refractivity contribution in [1.82, 2.24) is 9.97 Å². The average Bonchev–Trinajstić information content (AvgIpc) is 3.06. The van der Waals surface area contributed by atoms with E-state index in [1.165, 1.54) is 0 Å². The molecule has 6 nitrogen and oxygen atoms in total. The summed E-state index contributed by atoms with van der Waals surface area (Å²) in [6.07, 6.45) is 0.717. The summed E-state index contributed by atoms with van der Waals surface area (Å²) in [6.45, 7) is 12.8. The van der Waals surface area contributed by atoms with E-state index in [9.17, 15) is 0 Å². The molecular weight excluding hydrogens is 356 g/mol. The zero-order chi connectivity index (χ0) is 18.4. The predicted molar refractivity (Wildman–Crippen MR) is 104 cm³/mol. The molecule has 0 radical (unpaired) electrons. The van der Waals surface area contributed by atoms with Crippen LogP contribution in [0, 0.1) is 27.7 Å². The number of aryl methyl sites for hydroxylation is 4. The van der Waals surface area contributed by atoms with Crippen molar-refractivity contribution in [3.63, 3.8) is 0 Å². The Kier molecular flexibility index (Phi) is 7.07. The quantitative estimate of drug-likeness (QED) is 0.386. The zero-order valence-corrected chi connectivity index (χ0v) is 17.2. The number of hydrogen-bond acceptors (Lipinski definition) is 8. The molecule has 0 amide bonds. The third kappa shape index (κ3) is 5.61. The molecule has 0 N–H and O–H groups in total. The predicted octanol–water partition coefficient (Wildman–Crippen LogP) is 4.40. The third-order valence-electron chi connectivity index (χ3n) is 3.34. The summed E-state index contributed by atoms with van der Waals surface area (Å²) in [4.78, 5) is 21.7. The van der Waals surface area contributed by atoms with Gasteiger partial charge in [0.05, 0.1) is 42.6 Å². The summed E-state index contributed by atoms with van der Waals surface area (Å²) in [6, 6.07) is 0. The summed E-state index contributed by atoms with van der Waals surface area (Å²) in [7, 11) is 0. The molecule has 0 bridgehead atoms. The Morgan fingerprint density at radius 1 is 0.800 bits per heavy atom. The van der Waals surface area contributed by atoms with Gasteiger partial charge in [0.25, 0.3) is 0 Å². The number of oxime groups is 2. The molecule has 2 aromatic heterocycles. The van der Waals surface area contributed by atoms with E-state index >= 15 is 0 Å². The molecule has 0 saturated heterocycles. The molecule has 8 heteroatoms. The van der Waals surface area contributed by atoms with Crippen LogP contribution < -0.4 is 0 Å². The minimum Gasteiger partial charge on any atom is -0.395 e. The molecule has 25 heavy (non-hydrogen) atoms. The minimum absolute atomic E-state index is 0.488. The van der Waals surface area contributed by atoms with Crippen molar-refractivity contribution in [2.24, 2.45) is 10.3 Å². The largest absolute Gasteiger partial charge is 0.395 e.